The van der Waals surface area contributed by atoms with Gasteiger partial charge in [0.05, 0.1) is 0 Å². The molecule has 17 heavy (non-hydrogen) atoms. The summed E-state index contributed by atoms with van der Waals surface area (Å²) in [5.41, 5.74) is 9.12. The molecule has 2 aromatic rings. The van der Waals surface area contributed by atoms with Crippen molar-refractivity contribution in [2.45, 2.75) is 17.6 Å². The third-order valence-corrected chi connectivity index (χ3v) is 4.54. The van der Waals surface area contributed by atoms with Crippen molar-refractivity contribution in [3.63, 3.8) is 0 Å². The second-order valence-corrected chi connectivity index (χ2v) is 5.78. The predicted molar refractivity (Wildman–Crippen MR) is 79.3 cm³/mol. The number of thioether (sulfide) groups is 1. The SMILES string of the molecule is Cc1cc(N)ccc1SCc1ccccc1Br. The fraction of sp³-hybridized carbons (Fsp3) is 0.143. The number of halogens is 1. The van der Waals surface area contributed by atoms with E-state index in [1.54, 1.807) is 0 Å². The Morgan fingerprint density at radius 3 is 2.65 bits per heavy atom. The first-order chi connectivity index (χ1) is 8.16. The molecule has 2 N–H and O–H groups in total. The van der Waals surface area contributed by atoms with Crippen molar-refractivity contribution in [1.29, 1.82) is 0 Å². The Bertz CT molecular complexity index is 525. The first-order valence-corrected chi connectivity index (χ1v) is 7.17. The predicted octanol–water partition coefficient (Wildman–Crippen LogP) is 4.63. The number of rotatable bonds is 3. The molecule has 0 heterocycles. The van der Waals surface area contributed by atoms with Gasteiger partial charge in [0.1, 0.15) is 0 Å². The van der Waals surface area contributed by atoms with Gasteiger partial charge in [-0.05, 0) is 42.3 Å². The third-order valence-electron chi connectivity index (χ3n) is 2.54. The zero-order valence-corrected chi connectivity index (χ0v) is 12.0. The van der Waals surface area contributed by atoms with Crippen molar-refractivity contribution in [2.24, 2.45) is 0 Å². The number of nitrogens with two attached hydrogens (primary N) is 1. The number of aryl methyl sites for hydroxylation is 1. The van der Waals surface area contributed by atoms with E-state index in [0.717, 1.165) is 11.4 Å². The molecule has 0 atom stereocenters. The van der Waals surface area contributed by atoms with Crippen molar-refractivity contribution in [3.05, 3.63) is 58.1 Å². The Kier molecular flexibility index (Phi) is 4.13. The molecule has 0 saturated carbocycles. The summed E-state index contributed by atoms with van der Waals surface area (Å²) in [5, 5.41) is 0. The maximum Gasteiger partial charge on any atom is 0.0317 e. The third kappa shape index (κ3) is 3.27. The van der Waals surface area contributed by atoms with E-state index in [-0.39, 0.29) is 0 Å². The van der Waals surface area contributed by atoms with Gasteiger partial charge in [-0.1, -0.05) is 34.1 Å². The second-order valence-electron chi connectivity index (χ2n) is 3.91. The van der Waals surface area contributed by atoms with Crippen LogP contribution in [0.4, 0.5) is 5.69 Å². The van der Waals surface area contributed by atoms with Gasteiger partial charge in [0.2, 0.25) is 0 Å². The minimum absolute atomic E-state index is 0.827. The highest BCUT2D eigenvalue weighted by Crippen LogP contribution is 2.29. The lowest BCUT2D eigenvalue weighted by molar-refractivity contribution is 1.29. The van der Waals surface area contributed by atoms with Gasteiger partial charge in [-0.2, -0.15) is 0 Å². The number of anilines is 1. The van der Waals surface area contributed by atoms with Gasteiger partial charge in [-0.15, -0.1) is 11.8 Å². The summed E-state index contributed by atoms with van der Waals surface area (Å²) in [7, 11) is 0. The average molecular weight is 308 g/mol. The molecular formula is C14H14BrNS. The van der Waals surface area contributed by atoms with Gasteiger partial charge in [0, 0.05) is 20.8 Å². The van der Waals surface area contributed by atoms with E-state index >= 15 is 0 Å². The molecule has 0 aliphatic rings. The van der Waals surface area contributed by atoms with Crippen LogP contribution in [0.5, 0.6) is 0 Å². The Morgan fingerprint density at radius 2 is 1.94 bits per heavy atom. The lowest BCUT2D eigenvalue weighted by Crippen LogP contribution is -1.88. The van der Waals surface area contributed by atoms with Crippen molar-refractivity contribution in [1.82, 2.24) is 0 Å². The van der Waals surface area contributed by atoms with Crippen molar-refractivity contribution >= 4 is 33.4 Å². The molecule has 0 bridgehead atoms. The summed E-state index contributed by atoms with van der Waals surface area (Å²) >= 11 is 5.40. The minimum Gasteiger partial charge on any atom is -0.399 e. The summed E-state index contributed by atoms with van der Waals surface area (Å²) in [6.07, 6.45) is 0. The Balaban J connectivity index is 2.10. The minimum atomic E-state index is 0.827. The normalized spacial score (nSPS) is 10.5. The quantitative estimate of drug-likeness (QED) is 0.661. The van der Waals surface area contributed by atoms with Gasteiger partial charge < -0.3 is 5.73 Å². The van der Waals surface area contributed by atoms with Crippen LogP contribution in [0.15, 0.2) is 51.8 Å². The summed E-state index contributed by atoms with van der Waals surface area (Å²) in [6.45, 7) is 2.10. The van der Waals surface area contributed by atoms with Crippen molar-refractivity contribution in [2.75, 3.05) is 5.73 Å². The number of hydrogen-bond acceptors (Lipinski definition) is 2. The van der Waals surface area contributed by atoms with Gasteiger partial charge in [-0.3, -0.25) is 0 Å². The number of nitrogen functional groups attached to an aromatic ring is 1. The molecule has 2 rings (SSSR count). The monoisotopic (exact) mass is 307 g/mol. The standard InChI is InChI=1S/C14H14BrNS/c1-10-8-12(16)6-7-14(10)17-9-11-4-2-3-5-13(11)15/h2-8H,9,16H2,1H3. The molecule has 0 fully saturated rings. The second kappa shape index (κ2) is 5.61. The molecular weight excluding hydrogens is 294 g/mol. The van der Waals surface area contributed by atoms with Gasteiger partial charge in [0.25, 0.3) is 0 Å². The molecule has 0 spiro atoms. The maximum atomic E-state index is 5.74. The van der Waals surface area contributed by atoms with E-state index in [4.69, 9.17) is 5.73 Å². The van der Waals surface area contributed by atoms with Crippen LogP contribution in [0.25, 0.3) is 0 Å². The first kappa shape index (κ1) is 12.5. The molecule has 0 aliphatic heterocycles. The van der Waals surface area contributed by atoms with E-state index in [9.17, 15) is 0 Å². The lowest BCUT2D eigenvalue weighted by atomic mass is 10.2. The van der Waals surface area contributed by atoms with E-state index in [1.807, 2.05) is 30.0 Å². The van der Waals surface area contributed by atoms with E-state index < -0.39 is 0 Å². The first-order valence-electron chi connectivity index (χ1n) is 5.39. The summed E-state index contributed by atoms with van der Waals surface area (Å²) < 4.78 is 1.17. The average Bonchev–Trinajstić information content (AvgIpc) is 2.30. The lowest BCUT2D eigenvalue weighted by Gasteiger charge is -2.07. The van der Waals surface area contributed by atoms with Crippen LogP contribution in [0.2, 0.25) is 0 Å². The summed E-state index contributed by atoms with van der Waals surface area (Å²) in [6, 6.07) is 14.4. The maximum absolute atomic E-state index is 5.74. The highest BCUT2D eigenvalue weighted by molar-refractivity contribution is 9.10. The smallest absolute Gasteiger partial charge is 0.0317 e. The van der Waals surface area contributed by atoms with Crippen molar-refractivity contribution in [3.8, 4) is 0 Å². The van der Waals surface area contributed by atoms with E-state index in [0.29, 0.717) is 0 Å². The number of benzene rings is 2. The van der Waals surface area contributed by atoms with Crippen LogP contribution in [0, 0.1) is 6.92 Å². The van der Waals surface area contributed by atoms with Crippen molar-refractivity contribution < 1.29 is 0 Å². The van der Waals surface area contributed by atoms with Crippen LogP contribution in [0.1, 0.15) is 11.1 Å². The molecule has 88 valence electrons. The summed E-state index contributed by atoms with van der Waals surface area (Å²) in [4.78, 5) is 1.29. The highest BCUT2D eigenvalue weighted by Gasteiger charge is 2.02. The van der Waals surface area contributed by atoms with Gasteiger partial charge in [-0.25, -0.2) is 0 Å². The number of hydrogen-bond donors (Lipinski definition) is 1. The molecule has 0 saturated heterocycles. The van der Waals surface area contributed by atoms with Crippen LogP contribution in [-0.4, -0.2) is 0 Å². The fourth-order valence-corrected chi connectivity index (χ4v) is 3.23. The molecule has 2 aromatic carbocycles. The topological polar surface area (TPSA) is 26.0 Å². The molecule has 0 aromatic heterocycles. The zero-order chi connectivity index (χ0) is 12.3. The largest absolute Gasteiger partial charge is 0.399 e. The van der Waals surface area contributed by atoms with Gasteiger partial charge in [0.15, 0.2) is 0 Å². The Morgan fingerprint density at radius 1 is 1.18 bits per heavy atom. The molecule has 0 unspecified atom stereocenters. The Hall–Kier alpha value is -0.930. The summed E-state index contributed by atoms with van der Waals surface area (Å²) in [5.74, 6) is 0.964. The van der Waals surface area contributed by atoms with Gasteiger partial charge >= 0.3 is 0 Å². The molecule has 0 aliphatic carbocycles. The Labute approximate surface area is 115 Å². The molecule has 0 radical (unpaired) electrons. The molecule has 1 nitrogen and oxygen atoms in total. The van der Waals surface area contributed by atoms with E-state index in [2.05, 4.69) is 47.1 Å². The molecule has 0 amide bonds. The highest BCUT2D eigenvalue weighted by atomic mass is 79.9. The van der Waals surface area contributed by atoms with Crippen LogP contribution in [0.3, 0.4) is 0 Å². The van der Waals surface area contributed by atoms with Crippen LogP contribution >= 0.6 is 27.7 Å². The molecule has 3 heteroatoms. The van der Waals surface area contributed by atoms with Crippen LogP contribution in [-0.2, 0) is 5.75 Å². The van der Waals surface area contributed by atoms with Crippen LogP contribution < -0.4 is 5.73 Å². The van der Waals surface area contributed by atoms with E-state index in [1.165, 1.54) is 20.5 Å². The fourth-order valence-electron chi connectivity index (χ4n) is 1.61. The zero-order valence-electron chi connectivity index (χ0n) is 9.61.